The molecule has 248 valence electrons. The Morgan fingerprint density at radius 2 is 1.13 bits per heavy atom. The fourth-order valence-electron chi connectivity index (χ4n) is 7.36. The zero-order valence-electron chi connectivity index (χ0n) is 28.5. The fraction of sp³-hybridized carbons (Fsp3) is 0. The predicted octanol–water partition coefficient (Wildman–Crippen LogP) is 12.3. The van der Waals surface area contributed by atoms with Crippen molar-refractivity contribution in [3.05, 3.63) is 182 Å². The van der Waals surface area contributed by atoms with E-state index in [4.69, 9.17) is 19.4 Å². The average Bonchev–Trinajstić information content (AvgIpc) is 3.67. The lowest BCUT2D eigenvalue weighted by Gasteiger charge is -2.19. The summed E-state index contributed by atoms with van der Waals surface area (Å²) in [6, 6.07) is 60.7. The molecule has 0 unspecified atom stereocenters. The first-order valence-electron chi connectivity index (χ1n) is 17.6. The molecular weight excluding hydrogens is 649 g/mol. The highest BCUT2D eigenvalue weighted by Crippen LogP contribution is 2.45. The third kappa shape index (κ3) is 5.43. The average molecular weight is 679 g/mol. The van der Waals surface area contributed by atoms with Gasteiger partial charge in [0.05, 0.1) is 11.2 Å². The molecule has 53 heavy (non-hydrogen) atoms. The maximum Gasteiger partial charge on any atom is 0.246 e. The number of rotatable bonds is 6. The summed E-state index contributed by atoms with van der Waals surface area (Å²) in [5, 5.41) is 3.34. The lowest BCUT2D eigenvalue weighted by Crippen LogP contribution is -1.98. The van der Waals surface area contributed by atoms with Gasteiger partial charge in [-0.25, -0.2) is 15.0 Å². The van der Waals surface area contributed by atoms with Crippen molar-refractivity contribution >= 4 is 32.8 Å². The monoisotopic (exact) mass is 678 g/mol. The SMILES string of the molecule is c1ccc(-c2nc(-c3ccccc3-c3c(-c4ccccc4-c4ccc5nc(-c6ccccn6)oc5c4)ccc4ccccc34)nc3ccccc23)cc1. The van der Waals surface area contributed by atoms with Gasteiger partial charge < -0.3 is 4.42 Å². The summed E-state index contributed by atoms with van der Waals surface area (Å²) >= 11 is 0. The Balaban J connectivity index is 1.18. The van der Waals surface area contributed by atoms with Gasteiger partial charge in [-0.15, -0.1) is 0 Å². The molecule has 5 heteroatoms. The highest BCUT2D eigenvalue weighted by atomic mass is 16.3. The third-order valence-corrected chi connectivity index (χ3v) is 9.82. The number of fused-ring (bicyclic) bond motifs is 3. The molecule has 10 aromatic rings. The molecule has 5 nitrogen and oxygen atoms in total. The minimum atomic E-state index is 0.505. The predicted molar refractivity (Wildman–Crippen MR) is 215 cm³/mol. The van der Waals surface area contributed by atoms with Crippen LogP contribution in [0.25, 0.3) is 100 Å². The van der Waals surface area contributed by atoms with Crippen LogP contribution in [-0.2, 0) is 0 Å². The van der Waals surface area contributed by atoms with Crippen molar-refractivity contribution in [1.29, 1.82) is 0 Å². The van der Waals surface area contributed by atoms with E-state index in [0.717, 1.165) is 77.4 Å². The van der Waals surface area contributed by atoms with Crippen molar-refractivity contribution < 1.29 is 4.42 Å². The normalized spacial score (nSPS) is 11.4. The van der Waals surface area contributed by atoms with Gasteiger partial charge in [0.2, 0.25) is 5.89 Å². The first-order valence-corrected chi connectivity index (χ1v) is 17.6. The van der Waals surface area contributed by atoms with Gasteiger partial charge in [-0.05, 0) is 74.5 Å². The Bertz CT molecular complexity index is 2950. The van der Waals surface area contributed by atoms with Crippen molar-refractivity contribution in [1.82, 2.24) is 19.9 Å². The summed E-state index contributed by atoms with van der Waals surface area (Å²) in [5.74, 6) is 1.19. The van der Waals surface area contributed by atoms with Crippen LogP contribution in [0.2, 0.25) is 0 Å². The second-order valence-electron chi connectivity index (χ2n) is 13.0. The fourth-order valence-corrected chi connectivity index (χ4v) is 7.36. The first kappa shape index (κ1) is 30.6. The van der Waals surface area contributed by atoms with E-state index >= 15 is 0 Å². The van der Waals surface area contributed by atoms with Crippen LogP contribution < -0.4 is 0 Å². The van der Waals surface area contributed by atoms with E-state index in [1.54, 1.807) is 6.20 Å². The summed E-state index contributed by atoms with van der Waals surface area (Å²) < 4.78 is 6.26. The van der Waals surface area contributed by atoms with E-state index in [9.17, 15) is 0 Å². The standard InChI is InChI=1S/C48H30N4O/c1-2-15-32(16-3-1)46-40-22-10-11-23-41(40)50-47(52-46)39-21-9-8-20-37(39)45-35-18-5-4-14-31(35)25-27-38(45)36-19-7-6-17-34(36)33-26-28-42-44(30-33)53-48(51-42)43-24-12-13-29-49-43/h1-30H. The molecule has 3 heterocycles. The zero-order chi connectivity index (χ0) is 35.1. The largest absolute Gasteiger partial charge is 0.435 e. The molecule has 0 radical (unpaired) electrons. The van der Waals surface area contributed by atoms with E-state index in [1.807, 2.05) is 42.5 Å². The van der Waals surface area contributed by atoms with Crippen LogP contribution in [-0.4, -0.2) is 19.9 Å². The second-order valence-corrected chi connectivity index (χ2v) is 13.0. The van der Waals surface area contributed by atoms with E-state index in [1.165, 1.54) is 0 Å². The molecule has 0 spiro atoms. The number of hydrogen-bond donors (Lipinski definition) is 0. The minimum Gasteiger partial charge on any atom is -0.435 e. The molecule has 0 aliphatic heterocycles. The summed E-state index contributed by atoms with van der Waals surface area (Å²) in [4.78, 5) is 19.7. The minimum absolute atomic E-state index is 0.505. The molecule has 0 bridgehead atoms. The number of nitrogens with zero attached hydrogens (tertiary/aromatic N) is 4. The second kappa shape index (κ2) is 12.8. The molecule has 0 N–H and O–H groups in total. The van der Waals surface area contributed by atoms with Crippen LogP contribution in [0.4, 0.5) is 0 Å². The van der Waals surface area contributed by atoms with Crippen LogP contribution in [0.15, 0.2) is 187 Å². The Labute approximate surface area is 305 Å². The molecule has 0 aliphatic carbocycles. The van der Waals surface area contributed by atoms with Crippen LogP contribution >= 0.6 is 0 Å². The molecule has 7 aromatic carbocycles. The quantitative estimate of drug-likeness (QED) is 0.175. The van der Waals surface area contributed by atoms with Crippen molar-refractivity contribution in [3.63, 3.8) is 0 Å². The van der Waals surface area contributed by atoms with Gasteiger partial charge in [-0.1, -0.05) is 146 Å². The Morgan fingerprint density at radius 3 is 1.98 bits per heavy atom. The number of pyridine rings is 1. The number of para-hydroxylation sites is 1. The van der Waals surface area contributed by atoms with E-state index in [-0.39, 0.29) is 0 Å². The number of hydrogen-bond acceptors (Lipinski definition) is 5. The maximum atomic E-state index is 6.26. The maximum absolute atomic E-state index is 6.26. The molecule has 0 saturated carbocycles. The molecule has 0 aliphatic rings. The molecule has 0 saturated heterocycles. The van der Waals surface area contributed by atoms with Crippen LogP contribution in [0.1, 0.15) is 0 Å². The third-order valence-electron chi connectivity index (χ3n) is 9.82. The molecule has 0 atom stereocenters. The first-order chi connectivity index (χ1) is 26.3. The van der Waals surface area contributed by atoms with Crippen LogP contribution in [0.3, 0.4) is 0 Å². The summed E-state index contributed by atoms with van der Waals surface area (Å²) in [6.07, 6.45) is 1.75. The smallest absolute Gasteiger partial charge is 0.246 e. The van der Waals surface area contributed by atoms with Gasteiger partial charge in [0.1, 0.15) is 11.2 Å². The number of oxazole rings is 1. The van der Waals surface area contributed by atoms with Crippen molar-refractivity contribution in [2.75, 3.05) is 0 Å². The topological polar surface area (TPSA) is 64.7 Å². The highest BCUT2D eigenvalue weighted by molar-refractivity contribution is 6.09. The number of benzene rings is 7. The van der Waals surface area contributed by atoms with Crippen molar-refractivity contribution in [2.45, 2.75) is 0 Å². The lowest BCUT2D eigenvalue weighted by molar-refractivity contribution is 0.617. The van der Waals surface area contributed by atoms with Gasteiger partial charge in [-0.3, -0.25) is 4.98 Å². The van der Waals surface area contributed by atoms with E-state index in [2.05, 4.69) is 138 Å². The van der Waals surface area contributed by atoms with Gasteiger partial charge >= 0.3 is 0 Å². The van der Waals surface area contributed by atoms with Gasteiger partial charge in [0.25, 0.3) is 0 Å². The summed E-state index contributed by atoms with van der Waals surface area (Å²) in [6.45, 7) is 0. The van der Waals surface area contributed by atoms with Crippen LogP contribution in [0, 0.1) is 0 Å². The summed E-state index contributed by atoms with van der Waals surface area (Å²) in [7, 11) is 0. The Kier molecular flexibility index (Phi) is 7.40. The number of aromatic nitrogens is 4. The molecule has 10 rings (SSSR count). The zero-order valence-corrected chi connectivity index (χ0v) is 28.5. The Morgan fingerprint density at radius 1 is 0.415 bits per heavy atom. The van der Waals surface area contributed by atoms with Crippen molar-refractivity contribution in [2.24, 2.45) is 0 Å². The Hall–Kier alpha value is -7.24. The molecule has 0 amide bonds. The highest BCUT2D eigenvalue weighted by Gasteiger charge is 2.21. The van der Waals surface area contributed by atoms with E-state index in [0.29, 0.717) is 23.0 Å². The van der Waals surface area contributed by atoms with Gasteiger partial charge in [-0.2, -0.15) is 0 Å². The van der Waals surface area contributed by atoms with Crippen LogP contribution in [0.5, 0.6) is 0 Å². The molecule has 0 fully saturated rings. The van der Waals surface area contributed by atoms with E-state index < -0.39 is 0 Å². The molecule has 3 aromatic heterocycles. The molecular formula is C48H30N4O. The van der Waals surface area contributed by atoms with Gasteiger partial charge in [0, 0.05) is 22.7 Å². The lowest BCUT2D eigenvalue weighted by atomic mass is 9.85. The summed E-state index contributed by atoms with van der Waals surface area (Å²) in [5.41, 5.74) is 12.6. The van der Waals surface area contributed by atoms with Gasteiger partial charge in [0.15, 0.2) is 11.4 Å². The van der Waals surface area contributed by atoms with Crippen molar-refractivity contribution in [3.8, 4) is 67.6 Å².